The smallest absolute Gasteiger partial charge is 0.420 e. The fourth-order valence-electron chi connectivity index (χ4n) is 1.46. The Labute approximate surface area is 115 Å². The molecular formula is C10H7F3O7S. The number of ether oxygens (including phenoxy) is 1. The molecule has 0 atom stereocenters. The lowest BCUT2D eigenvalue weighted by molar-refractivity contribution is -0.141. The van der Waals surface area contributed by atoms with Gasteiger partial charge in [0.15, 0.2) is 5.75 Å². The molecule has 0 unspecified atom stereocenters. The molecule has 116 valence electrons. The molecule has 0 bridgehead atoms. The summed E-state index contributed by atoms with van der Waals surface area (Å²) < 4.78 is 73.4. The van der Waals surface area contributed by atoms with Crippen molar-refractivity contribution in [3.05, 3.63) is 23.3 Å². The van der Waals surface area contributed by atoms with Gasteiger partial charge in [0.25, 0.3) is 10.1 Å². The van der Waals surface area contributed by atoms with Crippen molar-refractivity contribution in [2.24, 2.45) is 0 Å². The number of hydrogen-bond donors (Lipinski definition) is 2. The quantitative estimate of drug-likeness (QED) is 0.491. The highest BCUT2D eigenvalue weighted by Gasteiger charge is 2.39. The van der Waals surface area contributed by atoms with Gasteiger partial charge in [-0.1, -0.05) is 0 Å². The predicted molar refractivity (Wildman–Crippen MR) is 59.5 cm³/mol. The molecule has 2 N–H and O–H groups in total. The third kappa shape index (κ3) is 3.70. The van der Waals surface area contributed by atoms with E-state index in [4.69, 9.17) is 9.66 Å². The van der Waals surface area contributed by atoms with Crippen molar-refractivity contribution < 1.29 is 45.6 Å². The van der Waals surface area contributed by atoms with Crippen LogP contribution in [0.5, 0.6) is 5.75 Å². The summed E-state index contributed by atoms with van der Waals surface area (Å²) >= 11 is 0. The summed E-state index contributed by atoms with van der Waals surface area (Å²) in [6.07, 6.45) is -5.10. The number of carbonyl (C=O) groups is 2. The van der Waals surface area contributed by atoms with Gasteiger partial charge in [-0.3, -0.25) is 9.35 Å². The minimum Gasteiger partial charge on any atom is -0.478 e. The maximum absolute atomic E-state index is 12.8. The zero-order valence-electron chi connectivity index (χ0n) is 10.1. The zero-order valence-corrected chi connectivity index (χ0v) is 10.9. The normalized spacial score (nSPS) is 12.0. The average molecular weight is 328 g/mol. The Morgan fingerprint density at radius 2 is 1.76 bits per heavy atom. The van der Waals surface area contributed by atoms with Crippen molar-refractivity contribution in [3.8, 4) is 5.75 Å². The topological polar surface area (TPSA) is 118 Å². The molecule has 1 aromatic rings. The molecule has 21 heavy (non-hydrogen) atoms. The molecule has 0 aliphatic carbocycles. The SMILES string of the molecule is CC(=O)Oc1c(C(F)(F)F)ccc(S(=O)(=O)O)c1C(=O)O. The second-order valence-corrected chi connectivity index (χ2v) is 5.08. The van der Waals surface area contributed by atoms with Crippen LogP contribution >= 0.6 is 0 Å². The third-order valence-corrected chi connectivity index (χ3v) is 3.06. The molecule has 0 saturated heterocycles. The summed E-state index contributed by atoms with van der Waals surface area (Å²) in [4.78, 5) is 20.5. The van der Waals surface area contributed by atoms with Gasteiger partial charge in [-0.05, 0) is 12.1 Å². The lowest BCUT2D eigenvalue weighted by atomic mass is 10.1. The van der Waals surface area contributed by atoms with E-state index in [0.29, 0.717) is 6.92 Å². The molecule has 1 rings (SSSR count). The van der Waals surface area contributed by atoms with Crippen LogP contribution in [-0.4, -0.2) is 30.0 Å². The van der Waals surface area contributed by atoms with E-state index >= 15 is 0 Å². The van der Waals surface area contributed by atoms with Crippen molar-refractivity contribution in [2.45, 2.75) is 18.0 Å². The van der Waals surface area contributed by atoms with Crippen LogP contribution in [0, 0.1) is 0 Å². The van der Waals surface area contributed by atoms with Gasteiger partial charge in [0.1, 0.15) is 10.5 Å². The maximum atomic E-state index is 12.8. The molecule has 0 radical (unpaired) electrons. The Bertz CT molecular complexity index is 706. The number of alkyl halides is 3. The van der Waals surface area contributed by atoms with E-state index in [-0.39, 0.29) is 12.1 Å². The summed E-state index contributed by atoms with van der Waals surface area (Å²) in [6, 6.07) is 0.447. The van der Waals surface area contributed by atoms with Gasteiger partial charge in [-0.15, -0.1) is 0 Å². The van der Waals surface area contributed by atoms with E-state index in [1.165, 1.54) is 0 Å². The Morgan fingerprint density at radius 3 is 2.10 bits per heavy atom. The molecular weight excluding hydrogens is 321 g/mol. The first kappa shape index (κ1) is 16.9. The summed E-state index contributed by atoms with van der Waals surface area (Å²) in [6.45, 7) is 0.700. The summed E-state index contributed by atoms with van der Waals surface area (Å²) in [5.74, 6) is -4.92. The lowest BCUT2D eigenvalue weighted by Gasteiger charge is -2.16. The largest absolute Gasteiger partial charge is 0.478 e. The number of halogens is 3. The number of esters is 1. The van der Waals surface area contributed by atoms with E-state index < -0.39 is 50.0 Å². The fourth-order valence-corrected chi connectivity index (χ4v) is 2.13. The Kier molecular flexibility index (Phi) is 4.29. The van der Waals surface area contributed by atoms with Crippen LogP contribution < -0.4 is 4.74 Å². The Hall–Kier alpha value is -2.14. The predicted octanol–water partition coefficient (Wildman–Crippen LogP) is 1.58. The van der Waals surface area contributed by atoms with Crippen molar-refractivity contribution in [3.63, 3.8) is 0 Å². The molecule has 0 saturated carbocycles. The minimum atomic E-state index is -5.14. The molecule has 11 heteroatoms. The highest BCUT2D eigenvalue weighted by Crippen LogP contribution is 2.40. The third-order valence-electron chi connectivity index (χ3n) is 2.16. The van der Waals surface area contributed by atoms with E-state index in [9.17, 15) is 31.2 Å². The first-order valence-electron chi connectivity index (χ1n) is 4.99. The van der Waals surface area contributed by atoms with Gasteiger partial charge in [0.2, 0.25) is 0 Å². The average Bonchev–Trinajstić information content (AvgIpc) is 2.23. The van der Waals surface area contributed by atoms with Gasteiger partial charge in [-0.2, -0.15) is 21.6 Å². The van der Waals surface area contributed by atoms with E-state index in [1.54, 1.807) is 0 Å². The number of carboxylic acid groups (broad SMARTS) is 1. The zero-order chi connectivity index (χ0) is 16.6. The van der Waals surface area contributed by atoms with E-state index in [2.05, 4.69) is 4.74 Å². The first-order chi connectivity index (χ1) is 9.35. The molecule has 0 fully saturated rings. The number of aromatic carboxylic acids is 1. The maximum Gasteiger partial charge on any atom is 0.420 e. The Morgan fingerprint density at radius 1 is 1.24 bits per heavy atom. The van der Waals surface area contributed by atoms with Gasteiger partial charge >= 0.3 is 18.1 Å². The molecule has 0 spiro atoms. The number of carbonyl (C=O) groups excluding carboxylic acids is 1. The second kappa shape index (κ2) is 5.33. The first-order valence-corrected chi connectivity index (χ1v) is 6.43. The summed E-state index contributed by atoms with van der Waals surface area (Å²) in [5.41, 5.74) is -3.15. The fraction of sp³-hybridized carbons (Fsp3) is 0.200. The summed E-state index contributed by atoms with van der Waals surface area (Å²) in [7, 11) is -5.14. The highest BCUT2D eigenvalue weighted by atomic mass is 32.2. The summed E-state index contributed by atoms with van der Waals surface area (Å²) in [5, 5.41) is 8.88. The highest BCUT2D eigenvalue weighted by molar-refractivity contribution is 7.86. The minimum absolute atomic E-state index is 0.188. The van der Waals surface area contributed by atoms with Crippen LogP contribution in [0.4, 0.5) is 13.2 Å². The van der Waals surface area contributed by atoms with Gasteiger partial charge < -0.3 is 9.84 Å². The molecule has 1 aromatic carbocycles. The van der Waals surface area contributed by atoms with Crippen LogP contribution in [0.2, 0.25) is 0 Å². The van der Waals surface area contributed by atoms with Crippen molar-refractivity contribution in [2.75, 3.05) is 0 Å². The van der Waals surface area contributed by atoms with Gasteiger partial charge in [0, 0.05) is 6.92 Å². The molecule has 0 aliphatic heterocycles. The Balaban J connectivity index is 3.88. The van der Waals surface area contributed by atoms with Gasteiger partial charge in [-0.25, -0.2) is 4.79 Å². The monoisotopic (exact) mass is 328 g/mol. The standard InChI is InChI=1S/C10H7F3O7S/c1-4(14)20-8-5(10(11,12)13)2-3-6(21(17,18)19)7(8)9(15)16/h2-3H,1H3,(H,15,16)(H,17,18,19). The van der Waals surface area contributed by atoms with Gasteiger partial charge in [0.05, 0.1) is 5.56 Å². The number of carboxylic acids is 1. The molecule has 7 nitrogen and oxygen atoms in total. The van der Waals surface area contributed by atoms with Crippen LogP contribution in [0.3, 0.4) is 0 Å². The van der Waals surface area contributed by atoms with Crippen molar-refractivity contribution >= 4 is 22.1 Å². The number of rotatable bonds is 3. The molecule has 0 aliphatic rings. The number of benzene rings is 1. The molecule has 0 aromatic heterocycles. The van der Waals surface area contributed by atoms with E-state index in [1.807, 2.05) is 0 Å². The lowest BCUT2D eigenvalue weighted by Crippen LogP contribution is -2.18. The number of hydrogen-bond acceptors (Lipinski definition) is 5. The van der Waals surface area contributed by atoms with Crippen LogP contribution in [0.15, 0.2) is 17.0 Å². The van der Waals surface area contributed by atoms with Crippen LogP contribution in [-0.2, 0) is 21.1 Å². The van der Waals surface area contributed by atoms with Crippen molar-refractivity contribution in [1.82, 2.24) is 0 Å². The molecule has 0 heterocycles. The van der Waals surface area contributed by atoms with E-state index in [0.717, 1.165) is 0 Å². The van der Waals surface area contributed by atoms with Crippen molar-refractivity contribution in [1.29, 1.82) is 0 Å². The molecule has 0 amide bonds. The van der Waals surface area contributed by atoms with Crippen LogP contribution in [0.1, 0.15) is 22.8 Å². The second-order valence-electron chi connectivity index (χ2n) is 3.69. The van der Waals surface area contributed by atoms with Crippen LogP contribution in [0.25, 0.3) is 0 Å².